The quantitative estimate of drug-likeness (QED) is 0.850. The number of rotatable bonds is 2. The zero-order chi connectivity index (χ0) is 10.8. The second-order valence-electron chi connectivity index (χ2n) is 1.96. The molecule has 9 heteroatoms. The van der Waals surface area contributed by atoms with Crippen molar-refractivity contribution in [2.45, 2.75) is 6.18 Å². The highest BCUT2D eigenvalue weighted by Gasteiger charge is 2.41. The molecule has 0 radical (unpaired) electrons. The number of halogens is 4. The minimum atomic E-state index is -5.01. The van der Waals surface area contributed by atoms with Crippen molar-refractivity contribution in [3.8, 4) is 0 Å². The van der Waals surface area contributed by atoms with Gasteiger partial charge < -0.3 is 4.84 Å². The first kappa shape index (κ1) is 11.2. The summed E-state index contributed by atoms with van der Waals surface area (Å²) in [5.74, 6) is -2.32. The van der Waals surface area contributed by atoms with Crippen LogP contribution >= 0.6 is 27.3 Å². The fourth-order valence-electron chi connectivity index (χ4n) is 0.449. The van der Waals surface area contributed by atoms with Crippen molar-refractivity contribution in [2.75, 3.05) is 5.48 Å². The highest BCUT2D eigenvalue weighted by Crippen LogP contribution is 2.24. The van der Waals surface area contributed by atoms with Crippen LogP contribution in [0.3, 0.4) is 0 Å². The Labute approximate surface area is 88.2 Å². The summed E-state index contributed by atoms with van der Waals surface area (Å²) >= 11 is 4.02. The Kier molecular flexibility index (Phi) is 3.32. The highest BCUT2D eigenvalue weighted by molar-refractivity contribution is 9.11. The number of nitrogens with one attached hydrogen (secondary N) is 1. The number of aromatic nitrogens is 1. The number of hydrogen-bond acceptors (Lipinski definition) is 5. The molecule has 1 aromatic rings. The summed E-state index contributed by atoms with van der Waals surface area (Å²) in [4.78, 5) is 17.5. The Balaban J connectivity index is 2.46. The lowest BCUT2D eigenvalue weighted by atomic mass is 10.7. The third-order valence-corrected chi connectivity index (χ3v) is 2.31. The van der Waals surface area contributed by atoms with Gasteiger partial charge in [-0.15, -0.1) is 0 Å². The van der Waals surface area contributed by atoms with E-state index in [2.05, 4.69) is 25.8 Å². The van der Waals surface area contributed by atoms with Crippen LogP contribution in [0.5, 0.6) is 0 Å². The highest BCUT2D eigenvalue weighted by atomic mass is 79.9. The van der Waals surface area contributed by atoms with Gasteiger partial charge in [-0.05, 0) is 15.9 Å². The van der Waals surface area contributed by atoms with Crippen LogP contribution in [-0.2, 0) is 9.63 Å². The largest absolute Gasteiger partial charge is 0.493 e. The number of hydrogen-bond donors (Lipinski definition) is 1. The second-order valence-corrected chi connectivity index (χ2v) is 4.37. The van der Waals surface area contributed by atoms with Gasteiger partial charge >= 0.3 is 12.1 Å². The average molecular weight is 291 g/mol. The number of alkyl halides is 3. The van der Waals surface area contributed by atoms with E-state index in [9.17, 15) is 18.0 Å². The molecule has 0 aliphatic rings. The van der Waals surface area contributed by atoms with Crippen LogP contribution in [0.1, 0.15) is 0 Å². The summed E-state index contributed by atoms with van der Waals surface area (Å²) < 4.78 is 35.4. The van der Waals surface area contributed by atoms with Gasteiger partial charge in [0.1, 0.15) is 0 Å². The van der Waals surface area contributed by atoms with Crippen LogP contribution < -0.4 is 5.48 Å². The monoisotopic (exact) mass is 290 g/mol. The molecule has 1 rings (SSSR count). The van der Waals surface area contributed by atoms with Crippen molar-refractivity contribution < 1.29 is 22.8 Å². The third-order valence-electron chi connectivity index (χ3n) is 0.940. The molecule has 1 heterocycles. The van der Waals surface area contributed by atoms with Crippen LogP contribution in [0.25, 0.3) is 0 Å². The SMILES string of the molecule is O=C(ONc1ncc(Br)s1)C(F)(F)F. The number of carbonyl (C=O) groups excluding carboxylic acids is 1. The van der Waals surface area contributed by atoms with Crippen LogP contribution in [0.4, 0.5) is 18.3 Å². The standard InChI is InChI=1S/C5H2BrF3N2O2S/c6-2-1-10-4(14-2)11-13-3(12)5(7,8)9/h1H,(H,10,11). The molecule has 0 fully saturated rings. The van der Waals surface area contributed by atoms with Gasteiger partial charge in [0.15, 0.2) is 0 Å². The molecular weight excluding hydrogens is 289 g/mol. The van der Waals surface area contributed by atoms with E-state index in [1.807, 2.05) is 0 Å². The number of carbonyl (C=O) groups is 1. The Bertz CT molecular complexity index is 340. The molecule has 78 valence electrons. The van der Waals surface area contributed by atoms with Gasteiger partial charge in [-0.3, -0.25) is 0 Å². The Morgan fingerprint density at radius 3 is 2.71 bits per heavy atom. The molecule has 1 N–H and O–H groups in total. The molecule has 14 heavy (non-hydrogen) atoms. The predicted molar refractivity (Wildman–Crippen MR) is 45.6 cm³/mol. The molecule has 0 atom stereocenters. The Morgan fingerprint density at radius 1 is 1.64 bits per heavy atom. The van der Waals surface area contributed by atoms with Gasteiger partial charge in [-0.2, -0.15) is 18.7 Å². The maximum atomic E-state index is 11.6. The number of thiazole rings is 1. The van der Waals surface area contributed by atoms with E-state index in [0.717, 1.165) is 11.3 Å². The van der Waals surface area contributed by atoms with E-state index in [4.69, 9.17) is 0 Å². The van der Waals surface area contributed by atoms with Crippen molar-refractivity contribution in [3.63, 3.8) is 0 Å². The normalized spacial score (nSPS) is 11.1. The number of nitrogens with zero attached hydrogens (tertiary/aromatic N) is 1. The molecule has 0 amide bonds. The maximum Gasteiger partial charge on any atom is 0.493 e. The third kappa shape index (κ3) is 3.14. The van der Waals surface area contributed by atoms with Gasteiger partial charge in [-0.25, -0.2) is 9.78 Å². The first-order valence-electron chi connectivity index (χ1n) is 3.05. The molecule has 0 aliphatic heterocycles. The van der Waals surface area contributed by atoms with E-state index >= 15 is 0 Å². The first-order valence-corrected chi connectivity index (χ1v) is 4.66. The molecule has 0 aromatic carbocycles. The molecule has 1 aromatic heterocycles. The number of anilines is 1. The first-order chi connectivity index (χ1) is 6.39. The van der Waals surface area contributed by atoms with Crippen molar-refractivity contribution in [2.24, 2.45) is 0 Å². The summed E-state index contributed by atoms with van der Waals surface area (Å²) in [6.45, 7) is 0. The molecule has 0 saturated carbocycles. The lowest BCUT2D eigenvalue weighted by Gasteiger charge is -2.05. The Morgan fingerprint density at radius 2 is 2.29 bits per heavy atom. The molecule has 0 unspecified atom stereocenters. The van der Waals surface area contributed by atoms with Crippen molar-refractivity contribution in [3.05, 3.63) is 9.98 Å². The summed E-state index contributed by atoms with van der Waals surface area (Å²) in [6.07, 6.45) is -3.66. The summed E-state index contributed by atoms with van der Waals surface area (Å²) in [5, 5.41) is 0.0504. The van der Waals surface area contributed by atoms with Gasteiger partial charge in [0.05, 0.1) is 9.98 Å². The van der Waals surface area contributed by atoms with Gasteiger partial charge in [0, 0.05) is 0 Å². The van der Waals surface area contributed by atoms with E-state index < -0.39 is 12.1 Å². The topological polar surface area (TPSA) is 51.2 Å². The minimum Gasteiger partial charge on any atom is -0.333 e. The van der Waals surface area contributed by atoms with E-state index in [1.165, 1.54) is 6.20 Å². The molecule has 0 saturated heterocycles. The fourth-order valence-corrected chi connectivity index (χ4v) is 1.49. The van der Waals surface area contributed by atoms with E-state index in [1.54, 1.807) is 5.48 Å². The van der Waals surface area contributed by atoms with Crippen LogP contribution in [0.15, 0.2) is 9.98 Å². The molecule has 0 spiro atoms. The van der Waals surface area contributed by atoms with E-state index in [0.29, 0.717) is 3.79 Å². The molecule has 0 aliphatic carbocycles. The van der Waals surface area contributed by atoms with Gasteiger partial charge in [0.2, 0.25) is 5.13 Å². The summed E-state index contributed by atoms with van der Waals surface area (Å²) in [5.41, 5.74) is 1.78. The lowest BCUT2D eigenvalue weighted by molar-refractivity contribution is -0.196. The van der Waals surface area contributed by atoms with Gasteiger partial charge in [0.25, 0.3) is 0 Å². The molecule has 0 bridgehead atoms. The fraction of sp³-hybridized carbons (Fsp3) is 0.200. The zero-order valence-corrected chi connectivity index (χ0v) is 8.66. The zero-order valence-electron chi connectivity index (χ0n) is 6.26. The Hall–Kier alpha value is -0.830. The smallest absolute Gasteiger partial charge is 0.333 e. The average Bonchev–Trinajstić information content (AvgIpc) is 2.45. The lowest BCUT2D eigenvalue weighted by Crippen LogP contribution is -2.27. The summed E-state index contributed by atoms with van der Waals surface area (Å²) in [7, 11) is 0. The van der Waals surface area contributed by atoms with Crippen LogP contribution in [0, 0.1) is 0 Å². The molecular formula is C5H2BrF3N2O2S. The van der Waals surface area contributed by atoms with Gasteiger partial charge in [-0.1, -0.05) is 11.3 Å². The van der Waals surface area contributed by atoms with Crippen LogP contribution in [0.2, 0.25) is 0 Å². The minimum absolute atomic E-state index is 0.0504. The van der Waals surface area contributed by atoms with Crippen molar-refractivity contribution >= 4 is 38.4 Å². The van der Waals surface area contributed by atoms with Crippen molar-refractivity contribution in [1.82, 2.24) is 4.98 Å². The second kappa shape index (κ2) is 4.13. The van der Waals surface area contributed by atoms with Crippen molar-refractivity contribution in [1.29, 1.82) is 0 Å². The predicted octanol–water partition coefficient (Wildman–Crippen LogP) is 2.34. The van der Waals surface area contributed by atoms with E-state index in [-0.39, 0.29) is 5.13 Å². The summed E-state index contributed by atoms with van der Waals surface area (Å²) in [6, 6.07) is 0. The van der Waals surface area contributed by atoms with Crippen LogP contribution in [-0.4, -0.2) is 17.1 Å². The maximum absolute atomic E-state index is 11.6. The molecule has 4 nitrogen and oxygen atoms in total.